The van der Waals surface area contributed by atoms with Crippen molar-refractivity contribution in [1.29, 1.82) is 0 Å². The van der Waals surface area contributed by atoms with E-state index in [0.29, 0.717) is 20.3 Å². The van der Waals surface area contributed by atoms with Crippen LogP contribution in [0.2, 0.25) is 0 Å². The topological polar surface area (TPSA) is 78.0 Å². The number of benzene rings is 1. The molecule has 0 spiro atoms. The summed E-state index contributed by atoms with van der Waals surface area (Å²) in [4.78, 5) is 26.7. The second kappa shape index (κ2) is 5.84. The minimum absolute atomic E-state index is 0.0364. The van der Waals surface area contributed by atoms with Gasteiger partial charge in [0.2, 0.25) is 0 Å². The lowest BCUT2D eigenvalue weighted by Crippen LogP contribution is -2.24. The highest BCUT2D eigenvalue weighted by atomic mass is 79.9. The quantitative estimate of drug-likeness (QED) is 0.583. The van der Waals surface area contributed by atoms with Crippen LogP contribution in [0.1, 0.15) is 11.4 Å². The average molecular weight is 403 g/mol. The third kappa shape index (κ3) is 2.96. The molecule has 0 aliphatic carbocycles. The molecule has 2 aromatic rings. The maximum Gasteiger partial charge on any atom is 0.275 e. The Bertz CT molecular complexity index is 743. The summed E-state index contributed by atoms with van der Waals surface area (Å²) < 4.78 is 2.33. The van der Waals surface area contributed by atoms with Crippen molar-refractivity contribution in [2.24, 2.45) is 0 Å². The summed E-state index contributed by atoms with van der Waals surface area (Å²) in [6, 6.07) is 4.74. The molecule has 0 saturated carbocycles. The van der Waals surface area contributed by atoms with Crippen LogP contribution >= 0.6 is 31.9 Å². The molecular weight excluding hydrogens is 394 g/mol. The van der Waals surface area contributed by atoms with Crippen LogP contribution < -0.4 is 5.56 Å². The van der Waals surface area contributed by atoms with E-state index in [2.05, 4.69) is 36.8 Å². The van der Waals surface area contributed by atoms with Gasteiger partial charge in [0.25, 0.3) is 11.2 Å². The minimum Gasteiger partial charge on any atom is -0.291 e. The van der Waals surface area contributed by atoms with Gasteiger partial charge in [0.15, 0.2) is 0 Å². The summed E-state index contributed by atoms with van der Waals surface area (Å²) in [5, 5.41) is 11.1. The van der Waals surface area contributed by atoms with Crippen molar-refractivity contribution >= 4 is 37.5 Å². The van der Waals surface area contributed by atoms with Crippen LogP contribution in [0, 0.1) is 17.0 Å². The van der Waals surface area contributed by atoms with E-state index >= 15 is 0 Å². The molecule has 104 valence electrons. The summed E-state index contributed by atoms with van der Waals surface area (Å²) in [5.41, 5.74) is 0.142. The number of nitro groups is 1. The van der Waals surface area contributed by atoms with Crippen LogP contribution in [0.3, 0.4) is 0 Å². The highest BCUT2D eigenvalue weighted by Crippen LogP contribution is 2.24. The van der Waals surface area contributed by atoms with Crippen LogP contribution in [0.25, 0.3) is 0 Å². The maximum atomic E-state index is 12.0. The summed E-state index contributed by atoms with van der Waals surface area (Å²) in [6.07, 6.45) is 1.42. The molecule has 20 heavy (non-hydrogen) atoms. The van der Waals surface area contributed by atoms with Gasteiger partial charge in [0.05, 0.1) is 11.5 Å². The van der Waals surface area contributed by atoms with Crippen LogP contribution in [0.5, 0.6) is 0 Å². The summed E-state index contributed by atoms with van der Waals surface area (Å²) in [6.45, 7) is 1.78. The smallest absolute Gasteiger partial charge is 0.275 e. The molecule has 0 aliphatic rings. The fourth-order valence-corrected chi connectivity index (χ4v) is 2.41. The first-order valence-electron chi connectivity index (χ1n) is 5.55. The normalized spacial score (nSPS) is 10.6. The van der Waals surface area contributed by atoms with E-state index in [1.165, 1.54) is 16.8 Å². The van der Waals surface area contributed by atoms with Crippen molar-refractivity contribution in [3.63, 3.8) is 0 Å². The number of nitrogens with zero attached hydrogens (tertiary/aromatic N) is 3. The van der Waals surface area contributed by atoms with Gasteiger partial charge in [-0.1, -0.05) is 15.9 Å². The Morgan fingerprint density at radius 1 is 1.40 bits per heavy atom. The molecule has 2 rings (SSSR count). The lowest BCUT2D eigenvalue weighted by Gasteiger charge is -2.10. The second-order valence-corrected chi connectivity index (χ2v) is 5.84. The summed E-state index contributed by atoms with van der Waals surface area (Å²) in [7, 11) is 0. The molecule has 0 bridgehead atoms. The van der Waals surface area contributed by atoms with Gasteiger partial charge in [-0.15, -0.1) is 0 Å². The number of hydrogen-bond donors (Lipinski definition) is 0. The first kappa shape index (κ1) is 14.9. The van der Waals surface area contributed by atoms with Crippen LogP contribution in [-0.4, -0.2) is 14.5 Å². The highest BCUT2D eigenvalue weighted by molar-refractivity contribution is 9.10. The lowest BCUT2D eigenvalue weighted by molar-refractivity contribution is -0.385. The number of aryl methyl sites for hydroxylation is 1. The van der Waals surface area contributed by atoms with E-state index in [-0.39, 0.29) is 17.8 Å². The van der Waals surface area contributed by atoms with Gasteiger partial charge in [-0.05, 0) is 35.0 Å². The summed E-state index contributed by atoms with van der Waals surface area (Å²) >= 11 is 6.31. The van der Waals surface area contributed by atoms with E-state index in [9.17, 15) is 14.9 Å². The van der Waals surface area contributed by atoms with Crippen molar-refractivity contribution in [2.45, 2.75) is 13.5 Å². The standard InChI is InChI=1S/C12H9Br2N3O3/c1-7-15-5-10(14)12(18)16(7)6-8-2-3-9(13)4-11(8)17(19)20/h2-5H,6H2,1H3. The average Bonchev–Trinajstić information content (AvgIpc) is 2.40. The van der Waals surface area contributed by atoms with E-state index in [0.717, 1.165) is 0 Å². The van der Waals surface area contributed by atoms with Crippen molar-refractivity contribution in [3.05, 3.63) is 65.2 Å². The predicted octanol–water partition coefficient (Wildman–Crippen LogP) is 3.03. The molecule has 1 aromatic heterocycles. The maximum absolute atomic E-state index is 12.0. The molecular formula is C12H9Br2N3O3. The Kier molecular flexibility index (Phi) is 4.34. The minimum atomic E-state index is -0.466. The third-order valence-electron chi connectivity index (χ3n) is 2.78. The zero-order valence-electron chi connectivity index (χ0n) is 10.3. The Morgan fingerprint density at radius 2 is 2.10 bits per heavy atom. The molecule has 0 radical (unpaired) electrons. The number of halogens is 2. The number of rotatable bonds is 3. The van der Waals surface area contributed by atoms with Gasteiger partial charge >= 0.3 is 0 Å². The van der Waals surface area contributed by atoms with Gasteiger partial charge in [-0.2, -0.15) is 0 Å². The van der Waals surface area contributed by atoms with Gasteiger partial charge in [0.1, 0.15) is 10.3 Å². The SMILES string of the molecule is Cc1ncc(Br)c(=O)n1Cc1ccc(Br)cc1[N+](=O)[O-]. The van der Waals surface area contributed by atoms with Crippen LogP contribution in [0.15, 0.2) is 38.1 Å². The van der Waals surface area contributed by atoms with Crippen molar-refractivity contribution < 1.29 is 4.92 Å². The number of nitro benzene ring substituents is 1. The number of hydrogen-bond acceptors (Lipinski definition) is 4. The largest absolute Gasteiger partial charge is 0.291 e. The molecule has 0 saturated heterocycles. The fraction of sp³-hybridized carbons (Fsp3) is 0.167. The molecule has 1 aromatic carbocycles. The highest BCUT2D eigenvalue weighted by Gasteiger charge is 2.16. The van der Waals surface area contributed by atoms with Gasteiger partial charge in [-0.25, -0.2) is 4.98 Å². The van der Waals surface area contributed by atoms with Crippen LogP contribution in [-0.2, 0) is 6.54 Å². The number of aromatic nitrogens is 2. The van der Waals surface area contributed by atoms with Gasteiger partial charge in [-0.3, -0.25) is 19.5 Å². The first-order valence-corrected chi connectivity index (χ1v) is 7.13. The predicted molar refractivity (Wildman–Crippen MR) is 80.8 cm³/mol. The van der Waals surface area contributed by atoms with Crippen molar-refractivity contribution in [3.8, 4) is 0 Å². The van der Waals surface area contributed by atoms with E-state index in [4.69, 9.17) is 0 Å². The van der Waals surface area contributed by atoms with Crippen molar-refractivity contribution in [2.75, 3.05) is 0 Å². The van der Waals surface area contributed by atoms with Gasteiger partial charge in [0, 0.05) is 22.3 Å². The molecule has 0 N–H and O–H groups in total. The Labute approximate surface area is 130 Å². The van der Waals surface area contributed by atoms with Crippen molar-refractivity contribution in [1.82, 2.24) is 9.55 Å². The van der Waals surface area contributed by atoms with E-state index in [1.54, 1.807) is 19.1 Å². The zero-order valence-corrected chi connectivity index (χ0v) is 13.5. The molecule has 6 nitrogen and oxygen atoms in total. The lowest BCUT2D eigenvalue weighted by atomic mass is 10.2. The van der Waals surface area contributed by atoms with Crippen LogP contribution in [0.4, 0.5) is 5.69 Å². The Morgan fingerprint density at radius 3 is 2.75 bits per heavy atom. The molecule has 0 unspecified atom stereocenters. The molecule has 0 aliphatic heterocycles. The molecule has 8 heteroatoms. The molecule has 1 heterocycles. The monoisotopic (exact) mass is 401 g/mol. The molecule has 0 amide bonds. The Balaban J connectivity index is 2.54. The van der Waals surface area contributed by atoms with E-state index < -0.39 is 4.92 Å². The van der Waals surface area contributed by atoms with E-state index in [1.807, 2.05) is 0 Å². The third-order valence-corrected chi connectivity index (χ3v) is 3.81. The second-order valence-electron chi connectivity index (χ2n) is 4.07. The fourth-order valence-electron chi connectivity index (χ4n) is 1.75. The first-order chi connectivity index (χ1) is 9.40. The van der Waals surface area contributed by atoms with Gasteiger partial charge < -0.3 is 0 Å². The molecule has 0 atom stereocenters. The Hall–Kier alpha value is -1.54. The summed E-state index contributed by atoms with van der Waals surface area (Å²) in [5.74, 6) is 0.496. The zero-order chi connectivity index (χ0) is 14.9. The molecule has 0 fully saturated rings.